The second-order valence-corrected chi connectivity index (χ2v) is 6.22. The Morgan fingerprint density at radius 1 is 1.22 bits per heavy atom. The number of carbonyl (C=O) groups is 1. The van der Waals surface area contributed by atoms with Crippen LogP contribution in [0.1, 0.15) is 6.42 Å². The number of carbonyl (C=O) groups excluding carboxylic acids is 1. The molecule has 1 N–H and O–H groups in total. The van der Waals surface area contributed by atoms with Gasteiger partial charge in [-0.05, 0) is 18.2 Å². The van der Waals surface area contributed by atoms with Gasteiger partial charge in [0.2, 0.25) is 5.91 Å². The van der Waals surface area contributed by atoms with Crippen LogP contribution in [0.15, 0.2) is 48.5 Å². The largest absolute Gasteiger partial charge is 0.486 e. The van der Waals surface area contributed by atoms with E-state index in [0.29, 0.717) is 36.9 Å². The number of para-hydroxylation sites is 4. The van der Waals surface area contributed by atoms with Crippen molar-refractivity contribution >= 4 is 17.3 Å². The van der Waals surface area contributed by atoms with Gasteiger partial charge in [-0.25, -0.2) is 0 Å². The van der Waals surface area contributed by atoms with E-state index in [2.05, 4.69) is 5.32 Å². The molecule has 8 nitrogen and oxygen atoms in total. The molecule has 0 spiro atoms. The minimum atomic E-state index is -0.450. The Kier molecular flexibility index (Phi) is 5.75. The van der Waals surface area contributed by atoms with Crippen molar-refractivity contribution in [3.63, 3.8) is 0 Å². The van der Waals surface area contributed by atoms with Crippen molar-refractivity contribution < 1.29 is 19.2 Å². The zero-order valence-corrected chi connectivity index (χ0v) is 15.0. The van der Waals surface area contributed by atoms with E-state index in [4.69, 9.17) is 9.47 Å². The van der Waals surface area contributed by atoms with Crippen LogP contribution in [0, 0.1) is 10.1 Å². The van der Waals surface area contributed by atoms with Crippen LogP contribution < -0.4 is 14.8 Å². The number of ether oxygens (including phenoxy) is 2. The van der Waals surface area contributed by atoms with Crippen molar-refractivity contribution in [2.75, 3.05) is 32.1 Å². The topological polar surface area (TPSA) is 93.9 Å². The van der Waals surface area contributed by atoms with Gasteiger partial charge in [-0.3, -0.25) is 14.9 Å². The summed E-state index contributed by atoms with van der Waals surface area (Å²) in [5.41, 5.74) is 0.392. The Balaban J connectivity index is 1.47. The molecule has 0 saturated heterocycles. The summed E-state index contributed by atoms with van der Waals surface area (Å²) >= 11 is 0. The Bertz CT molecular complexity index is 826. The van der Waals surface area contributed by atoms with Gasteiger partial charge in [0.15, 0.2) is 17.6 Å². The average Bonchev–Trinajstić information content (AvgIpc) is 2.68. The third-order valence-electron chi connectivity index (χ3n) is 4.23. The summed E-state index contributed by atoms with van der Waals surface area (Å²) in [4.78, 5) is 24.5. The van der Waals surface area contributed by atoms with E-state index in [1.807, 2.05) is 24.3 Å². The lowest BCUT2D eigenvalue weighted by atomic mass is 10.2. The number of amides is 1. The van der Waals surface area contributed by atoms with Gasteiger partial charge in [-0.15, -0.1) is 0 Å². The van der Waals surface area contributed by atoms with Crippen LogP contribution in [-0.4, -0.2) is 48.6 Å². The Labute approximate surface area is 156 Å². The maximum Gasteiger partial charge on any atom is 0.292 e. The summed E-state index contributed by atoms with van der Waals surface area (Å²) in [6.45, 7) is 1.08. The standard InChI is InChI=1S/C19H21N3O5/c1-21(12-14-13-26-17-8-4-5-9-18(17)27-14)19(23)10-11-20-15-6-2-3-7-16(15)22(24)25/h2-9,14,20H,10-13H2,1H3/t14-/m1/s1. The molecule has 1 aliphatic heterocycles. The molecule has 142 valence electrons. The highest BCUT2D eigenvalue weighted by Gasteiger charge is 2.23. The van der Waals surface area contributed by atoms with Crippen LogP contribution in [0.4, 0.5) is 11.4 Å². The molecule has 1 amide bonds. The molecular formula is C19H21N3O5. The molecule has 0 aliphatic carbocycles. The third-order valence-corrected chi connectivity index (χ3v) is 4.23. The molecular weight excluding hydrogens is 350 g/mol. The second-order valence-electron chi connectivity index (χ2n) is 6.22. The van der Waals surface area contributed by atoms with Gasteiger partial charge in [0, 0.05) is 26.1 Å². The molecule has 0 fully saturated rings. The van der Waals surface area contributed by atoms with Gasteiger partial charge >= 0.3 is 0 Å². The zero-order chi connectivity index (χ0) is 19.2. The molecule has 0 aromatic heterocycles. The SMILES string of the molecule is CN(C[C@@H]1COc2ccccc2O1)C(=O)CCNc1ccccc1[N+](=O)[O-]. The molecule has 0 unspecified atom stereocenters. The van der Waals surface area contributed by atoms with Gasteiger partial charge in [0.25, 0.3) is 5.69 Å². The Morgan fingerprint density at radius 3 is 2.70 bits per heavy atom. The van der Waals surface area contributed by atoms with Crippen LogP contribution >= 0.6 is 0 Å². The molecule has 3 rings (SSSR count). The van der Waals surface area contributed by atoms with Gasteiger partial charge in [-0.2, -0.15) is 0 Å². The summed E-state index contributed by atoms with van der Waals surface area (Å²) < 4.78 is 11.5. The number of nitro benzene ring substituents is 1. The molecule has 1 atom stereocenters. The lowest BCUT2D eigenvalue weighted by molar-refractivity contribution is -0.384. The first kappa shape index (κ1) is 18.5. The van der Waals surface area contributed by atoms with Crippen LogP contribution in [0.2, 0.25) is 0 Å². The van der Waals surface area contributed by atoms with Crippen LogP contribution in [0.5, 0.6) is 11.5 Å². The number of hydrogen-bond donors (Lipinski definition) is 1. The lowest BCUT2D eigenvalue weighted by Crippen LogP contribution is -2.42. The Hall–Kier alpha value is -3.29. The van der Waals surface area contributed by atoms with E-state index in [-0.39, 0.29) is 24.1 Å². The smallest absolute Gasteiger partial charge is 0.292 e. The third kappa shape index (κ3) is 4.66. The highest BCUT2D eigenvalue weighted by Crippen LogP contribution is 2.31. The normalized spacial score (nSPS) is 15.1. The van der Waals surface area contributed by atoms with E-state index in [0.717, 1.165) is 0 Å². The number of nitro groups is 1. The minimum Gasteiger partial charge on any atom is -0.486 e. The van der Waals surface area contributed by atoms with Gasteiger partial charge in [0.05, 0.1) is 11.5 Å². The molecule has 2 aromatic carbocycles. The summed E-state index contributed by atoms with van der Waals surface area (Å²) in [5, 5.41) is 14.0. The highest BCUT2D eigenvalue weighted by molar-refractivity contribution is 5.76. The first-order valence-electron chi connectivity index (χ1n) is 8.64. The molecule has 0 saturated carbocycles. The first-order valence-corrected chi connectivity index (χ1v) is 8.64. The number of likely N-dealkylation sites (N-methyl/N-ethyl adjacent to an activating group) is 1. The van der Waals surface area contributed by atoms with Crippen LogP contribution in [0.3, 0.4) is 0 Å². The molecule has 8 heteroatoms. The maximum absolute atomic E-state index is 12.3. The van der Waals surface area contributed by atoms with Crippen molar-refractivity contribution in [1.82, 2.24) is 4.90 Å². The number of nitrogens with zero attached hydrogens (tertiary/aromatic N) is 2. The number of benzene rings is 2. The minimum absolute atomic E-state index is 0.00952. The fraction of sp³-hybridized carbons (Fsp3) is 0.316. The molecule has 2 aromatic rings. The van der Waals surface area contributed by atoms with Crippen LogP contribution in [0.25, 0.3) is 0 Å². The van der Waals surface area contributed by atoms with E-state index in [9.17, 15) is 14.9 Å². The summed E-state index contributed by atoms with van der Waals surface area (Å²) in [5.74, 6) is 1.30. The quantitative estimate of drug-likeness (QED) is 0.594. The number of rotatable bonds is 7. The molecule has 1 heterocycles. The number of nitrogens with one attached hydrogen (secondary N) is 1. The summed E-state index contributed by atoms with van der Waals surface area (Å²) in [6.07, 6.45) is -0.0239. The number of anilines is 1. The summed E-state index contributed by atoms with van der Waals surface area (Å²) in [7, 11) is 1.71. The predicted molar refractivity (Wildman–Crippen MR) is 100 cm³/mol. The van der Waals surface area contributed by atoms with Crippen molar-refractivity contribution in [1.29, 1.82) is 0 Å². The fourth-order valence-corrected chi connectivity index (χ4v) is 2.84. The monoisotopic (exact) mass is 371 g/mol. The predicted octanol–water partition coefficient (Wildman–Crippen LogP) is 2.70. The van der Waals surface area contributed by atoms with Gasteiger partial charge in [-0.1, -0.05) is 24.3 Å². The Morgan fingerprint density at radius 2 is 1.93 bits per heavy atom. The summed E-state index contributed by atoms with van der Waals surface area (Å²) in [6, 6.07) is 13.8. The molecule has 0 bridgehead atoms. The highest BCUT2D eigenvalue weighted by atomic mass is 16.6. The molecule has 27 heavy (non-hydrogen) atoms. The van der Waals surface area contributed by atoms with Crippen molar-refractivity contribution in [2.45, 2.75) is 12.5 Å². The maximum atomic E-state index is 12.3. The average molecular weight is 371 g/mol. The lowest BCUT2D eigenvalue weighted by Gasteiger charge is -2.29. The fourth-order valence-electron chi connectivity index (χ4n) is 2.84. The van der Waals surface area contributed by atoms with Crippen LogP contribution in [-0.2, 0) is 4.79 Å². The molecule has 1 aliphatic rings. The van der Waals surface area contributed by atoms with Gasteiger partial charge < -0.3 is 19.7 Å². The van der Waals surface area contributed by atoms with Crippen molar-refractivity contribution in [3.05, 3.63) is 58.6 Å². The van der Waals surface area contributed by atoms with E-state index >= 15 is 0 Å². The molecule has 0 radical (unpaired) electrons. The second kappa shape index (κ2) is 8.39. The van der Waals surface area contributed by atoms with E-state index < -0.39 is 4.92 Å². The van der Waals surface area contributed by atoms with E-state index in [1.165, 1.54) is 6.07 Å². The van der Waals surface area contributed by atoms with Crippen molar-refractivity contribution in [2.24, 2.45) is 0 Å². The first-order chi connectivity index (χ1) is 13.0. The van der Waals surface area contributed by atoms with E-state index in [1.54, 1.807) is 30.1 Å². The number of fused-ring (bicyclic) bond motifs is 1. The van der Waals surface area contributed by atoms with Crippen molar-refractivity contribution in [3.8, 4) is 11.5 Å². The number of hydrogen-bond acceptors (Lipinski definition) is 6. The zero-order valence-electron chi connectivity index (χ0n) is 15.0. The van der Waals surface area contributed by atoms with Gasteiger partial charge in [0.1, 0.15) is 12.3 Å².